The predicted octanol–water partition coefficient (Wildman–Crippen LogP) is 3.13. The Hall–Kier alpha value is -2.52. The van der Waals surface area contributed by atoms with Gasteiger partial charge in [0.25, 0.3) is 0 Å². The van der Waals surface area contributed by atoms with Crippen LogP contribution in [0.5, 0.6) is 0 Å². The number of nitrogens with zero attached hydrogens (tertiary/aromatic N) is 2. The average Bonchev–Trinajstić information content (AvgIpc) is 3.18. The second-order valence-corrected chi connectivity index (χ2v) is 7.10. The minimum atomic E-state index is -0.357. The molecule has 2 fully saturated rings. The van der Waals surface area contributed by atoms with Crippen molar-refractivity contribution in [2.24, 2.45) is 0 Å². The number of benzene rings is 2. The molecule has 5 nitrogen and oxygen atoms in total. The van der Waals surface area contributed by atoms with E-state index in [1.165, 1.54) is 0 Å². The van der Waals surface area contributed by atoms with E-state index in [2.05, 4.69) is 17.0 Å². The topological polar surface area (TPSA) is 62.6 Å². The largest absolute Gasteiger partial charge is 0.347 e. The lowest BCUT2D eigenvalue weighted by molar-refractivity contribution is -0.185. The molecule has 0 radical (unpaired) electrons. The van der Waals surface area contributed by atoms with Gasteiger partial charge < -0.3 is 9.47 Å². The summed E-state index contributed by atoms with van der Waals surface area (Å²) in [5.41, 5.74) is 2.95. The number of hydrogen-bond donors (Lipinski definition) is 0. The van der Waals surface area contributed by atoms with Gasteiger partial charge >= 0.3 is 0 Å². The van der Waals surface area contributed by atoms with E-state index in [4.69, 9.17) is 14.7 Å². The predicted molar refractivity (Wildman–Crippen MR) is 100 cm³/mol. The van der Waals surface area contributed by atoms with Crippen molar-refractivity contribution in [3.63, 3.8) is 0 Å². The van der Waals surface area contributed by atoms with Crippen molar-refractivity contribution in [2.45, 2.75) is 25.2 Å². The molecular weight excluding hydrogens is 340 g/mol. The Kier molecular flexibility index (Phi) is 5.04. The van der Waals surface area contributed by atoms with Crippen LogP contribution >= 0.6 is 0 Å². The minimum absolute atomic E-state index is 0.0216. The van der Waals surface area contributed by atoms with Crippen LogP contribution in [0.25, 0.3) is 0 Å². The van der Waals surface area contributed by atoms with E-state index < -0.39 is 0 Å². The highest BCUT2D eigenvalue weighted by Crippen LogP contribution is 2.31. The van der Waals surface area contributed by atoms with Crippen molar-refractivity contribution in [3.05, 3.63) is 70.8 Å². The Bertz CT molecular complexity index is 854. The molecule has 0 aromatic heterocycles. The Balaban J connectivity index is 1.41. The number of nitriles is 1. The van der Waals surface area contributed by atoms with Crippen LogP contribution in [0.4, 0.5) is 0 Å². The first-order valence-electron chi connectivity index (χ1n) is 9.32. The van der Waals surface area contributed by atoms with Crippen molar-refractivity contribution >= 4 is 5.78 Å². The van der Waals surface area contributed by atoms with Crippen LogP contribution in [0.2, 0.25) is 0 Å². The van der Waals surface area contributed by atoms with Crippen LogP contribution in [0.15, 0.2) is 48.5 Å². The molecule has 5 heteroatoms. The monoisotopic (exact) mass is 362 g/mol. The molecule has 2 saturated heterocycles. The van der Waals surface area contributed by atoms with Gasteiger partial charge in [-0.2, -0.15) is 5.26 Å². The zero-order valence-corrected chi connectivity index (χ0v) is 15.2. The summed E-state index contributed by atoms with van der Waals surface area (Å²) < 4.78 is 11.6. The fourth-order valence-corrected chi connectivity index (χ4v) is 3.77. The molecular formula is C22H22N2O3. The molecule has 0 atom stereocenters. The molecule has 27 heavy (non-hydrogen) atoms. The average molecular weight is 362 g/mol. The highest BCUT2D eigenvalue weighted by Gasteiger charge is 2.39. The zero-order chi connectivity index (χ0) is 18.7. The van der Waals surface area contributed by atoms with Crippen LogP contribution < -0.4 is 0 Å². The standard InChI is InChI=1S/C22H22N2O3/c23-15-17-4-6-19(7-5-17)21(25)20-3-1-2-18(14-20)16-24-10-8-22(9-11-24)26-12-13-27-22/h1-7,14H,8-13,16H2. The molecule has 0 N–H and O–H groups in total. The van der Waals surface area contributed by atoms with Crippen LogP contribution in [-0.4, -0.2) is 42.8 Å². The first-order chi connectivity index (χ1) is 13.2. The van der Waals surface area contributed by atoms with Gasteiger partial charge in [-0.25, -0.2) is 0 Å². The minimum Gasteiger partial charge on any atom is -0.347 e. The first-order valence-corrected chi connectivity index (χ1v) is 9.32. The van der Waals surface area contributed by atoms with Gasteiger partial charge in [0, 0.05) is 43.6 Å². The van der Waals surface area contributed by atoms with Gasteiger partial charge in [-0.05, 0) is 35.9 Å². The molecule has 0 bridgehead atoms. The molecule has 2 heterocycles. The van der Waals surface area contributed by atoms with Crippen molar-refractivity contribution < 1.29 is 14.3 Å². The summed E-state index contributed by atoms with van der Waals surface area (Å²) in [6, 6.07) is 16.6. The summed E-state index contributed by atoms with van der Waals surface area (Å²) in [7, 11) is 0. The van der Waals surface area contributed by atoms with E-state index >= 15 is 0 Å². The molecule has 4 rings (SSSR count). The molecule has 2 aromatic rings. The smallest absolute Gasteiger partial charge is 0.193 e. The molecule has 2 aliphatic heterocycles. The Morgan fingerprint density at radius 1 is 1.04 bits per heavy atom. The fourth-order valence-electron chi connectivity index (χ4n) is 3.77. The highest BCUT2D eigenvalue weighted by atomic mass is 16.7. The van der Waals surface area contributed by atoms with E-state index in [0.717, 1.165) is 38.0 Å². The number of piperidine rings is 1. The molecule has 1 spiro atoms. The van der Waals surface area contributed by atoms with E-state index in [1.807, 2.05) is 18.2 Å². The van der Waals surface area contributed by atoms with Crippen molar-refractivity contribution in [3.8, 4) is 6.07 Å². The fraction of sp³-hybridized carbons (Fsp3) is 0.364. The Morgan fingerprint density at radius 2 is 1.74 bits per heavy atom. The highest BCUT2D eigenvalue weighted by molar-refractivity contribution is 6.09. The third-order valence-corrected chi connectivity index (χ3v) is 5.30. The van der Waals surface area contributed by atoms with Crippen LogP contribution in [0.1, 0.15) is 39.9 Å². The Morgan fingerprint density at radius 3 is 2.41 bits per heavy atom. The molecule has 0 unspecified atom stereocenters. The lowest BCUT2D eigenvalue weighted by Gasteiger charge is -2.37. The zero-order valence-electron chi connectivity index (χ0n) is 15.2. The summed E-state index contributed by atoms with van der Waals surface area (Å²) in [4.78, 5) is 15.1. The number of rotatable bonds is 4. The third kappa shape index (κ3) is 3.93. The SMILES string of the molecule is N#Cc1ccc(C(=O)c2cccc(CN3CCC4(CC3)OCCO4)c2)cc1. The van der Waals surface area contributed by atoms with Gasteiger partial charge in [-0.1, -0.05) is 18.2 Å². The second-order valence-electron chi connectivity index (χ2n) is 7.10. The maximum atomic E-state index is 12.7. The lowest BCUT2D eigenvalue weighted by Crippen LogP contribution is -2.44. The van der Waals surface area contributed by atoms with E-state index in [-0.39, 0.29) is 11.6 Å². The first kappa shape index (κ1) is 17.9. The van der Waals surface area contributed by atoms with E-state index in [9.17, 15) is 4.79 Å². The number of ketones is 1. The number of hydrogen-bond acceptors (Lipinski definition) is 5. The summed E-state index contributed by atoms with van der Waals surface area (Å²) in [5, 5.41) is 8.89. The van der Waals surface area contributed by atoms with E-state index in [1.54, 1.807) is 24.3 Å². The number of ether oxygens (including phenoxy) is 2. The third-order valence-electron chi connectivity index (χ3n) is 5.30. The van der Waals surface area contributed by atoms with Gasteiger partial charge in [0.15, 0.2) is 11.6 Å². The Labute approximate surface area is 159 Å². The van der Waals surface area contributed by atoms with Gasteiger partial charge in [0.1, 0.15) is 0 Å². The number of carbonyl (C=O) groups is 1. The maximum Gasteiger partial charge on any atom is 0.193 e. The van der Waals surface area contributed by atoms with Crippen molar-refractivity contribution in [1.29, 1.82) is 5.26 Å². The van der Waals surface area contributed by atoms with Gasteiger partial charge in [0.2, 0.25) is 0 Å². The van der Waals surface area contributed by atoms with Crippen LogP contribution in [0.3, 0.4) is 0 Å². The molecule has 2 aromatic carbocycles. The second kappa shape index (κ2) is 7.61. The normalized spacial score (nSPS) is 19.1. The summed E-state index contributed by atoms with van der Waals surface area (Å²) in [6.07, 6.45) is 1.77. The molecule has 2 aliphatic rings. The summed E-state index contributed by atoms with van der Waals surface area (Å²) in [6.45, 7) is 4.05. The molecule has 0 aliphatic carbocycles. The molecule has 0 amide bonds. The quantitative estimate of drug-likeness (QED) is 0.782. The molecule has 138 valence electrons. The lowest BCUT2D eigenvalue weighted by atomic mass is 9.99. The molecule has 0 saturated carbocycles. The summed E-state index contributed by atoms with van der Waals surface area (Å²) >= 11 is 0. The van der Waals surface area contributed by atoms with E-state index in [0.29, 0.717) is 29.9 Å². The van der Waals surface area contributed by atoms with Crippen LogP contribution in [-0.2, 0) is 16.0 Å². The van der Waals surface area contributed by atoms with Gasteiger partial charge in [-0.3, -0.25) is 9.69 Å². The number of likely N-dealkylation sites (tertiary alicyclic amines) is 1. The van der Waals surface area contributed by atoms with Crippen molar-refractivity contribution in [2.75, 3.05) is 26.3 Å². The number of carbonyl (C=O) groups excluding carboxylic acids is 1. The van der Waals surface area contributed by atoms with Gasteiger partial charge in [-0.15, -0.1) is 0 Å². The van der Waals surface area contributed by atoms with Gasteiger partial charge in [0.05, 0.1) is 24.8 Å². The maximum absolute atomic E-state index is 12.7. The van der Waals surface area contributed by atoms with Crippen molar-refractivity contribution in [1.82, 2.24) is 4.90 Å². The summed E-state index contributed by atoms with van der Waals surface area (Å²) in [5.74, 6) is -0.379. The van der Waals surface area contributed by atoms with Crippen LogP contribution in [0, 0.1) is 11.3 Å².